The van der Waals surface area contributed by atoms with Crippen molar-refractivity contribution in [2.75, 3.05) is 7.11 Å². The summed E-state index contributed by atoms with van der Waals surface area (Å²) in [5, 5.41) is 7.51. The summed E-state index contributed by atoms with van der Waals surface area (Å²) in [4.78, 5) is 16.5. The number of benzene rings is 2. The molecule has 0 aliphatic carbocycles. The molecule has 2 aromatic heterocycles. The number of methoxy groups -OCH3 is 1. The Morgan fingerprint density at radius 2 is 2.04 bits per heavy atom. The summed E-state index contributed by atoms with van der Waals surface area (Å²) in [7, 11) is 1.59. The Morgan fingerprint density at radius 3 is 2.88 bits per heavy atom. The van der Waals surface area contributed by atoms with E-state index < -0.39 is 0 Å². The van der Waals surface area contributed by atoms with Crippen molar-refractivity contribution in [3.8, 4) is 17.1 Å². The van der Waals surface area contributed by atoms with Gasteiger partial charge in [-0.3, -0.25) is 4.79 Å². The molecule has 0 atom stereocenters. The molecular formula is C19H15N3O4. The lowest BCUT2D eigenvalue weighted by Gasteiger charge is -2.00. The number of carbonyl (C=O) groups excluding carboxylic acids is 1. The van der Waals surface area contributed by atoms with Crippen LogP contribution in [0.5, 0.6) is 5.75 Å². The molecule has 130 valence electrons. The number of fused-ring (bicyclic) bond motifs is 1. The van der Waals surface area contributed by atoms with Crippen LogP contribution < -0.4 is 10.1 Å². The van der Waals surface area contributed by atoms with E-state index in [2.05, 4.69) is 15.5 Å². The van der Waals surface area contributed by atoms with Crippen molar-refractivity contribution in [3.63, 3.8) is 0 Å². The number of nitrogens with zero attached hydrogens (tertiary/aromatic N) is 2. The largest absolute Gasteiger partial charge is 0.497 e. The fourth-order valence-electron chi connectivity index (χ4n) is 2.54. The molecule has 0 radical (unpaired) electrons. The third-order valence-corrected chi connectivity index (χ3v) is 3.85. The molecule has 7 heteroatoms. The van der Waals surface area contributed by atoms with E-state index in [1.165, 1.54) is 0 Å². The minimum atomic E-state index is -0.345. The fraction of sp³-hybridized carbons (Fsp3) is 0.105. The lowest BCUT2D eigenvalue weighted by molar-refractivity contribution is 0.0920. The van der Waals surface area contributed by atoms with E-state index in [1.807, 2.05) is 48.5 Å². The number of para-hydroxylation sites is 1. The molecule has 4 rings (SSSR count). The summed E-state index contributed by atoms with van der Waals surface area (Å²) in [6, 6.07) is 16.5. The standard InChI is InChI=1S/C19H15N3O4/c1-24-14-7-4-6-13(9-14)18-21-17(26-22-18)11-20-19(23)16-10-12-5-2-3-8-15(12)25-16/h2-10H,11H2,1H3,(H,20,23). The topological polar surface area (TPSA) is 90.4 Å². The zero-order valence-electron chi connectivity index (χ0n) is 13.9. The van der Waals surface area contributed by atoms with Gasteiger partial charge in [0.2, 0.25) is 11.7 Å². The molecule has 4 aromatic rings. The quantitative estimate of drug-likeness (QED) is 0.594. The van der Waals surface area contributed by atoms with Gasteiger partial charge in [-0.05, 0) is 24.3 Å². The van der Waals surface area contributed by atoms with Crippen molar-refractivity contribution in [1.29, 1.82) is 0 Å². The van der Waals surface area contributed by atoms with Crippen molar-refractivity contribution in [3.05, 3.63) is 66.2 Å². The third kappa shape index (κ3) is 3.14. The van der Waals surface area contributed by atoms with Gasteiger partial charge in [0.25, 0.3) is 5.91 Å². The molecule has 0 bridgehead atoms. The molecule has 7 nitrogen and oxygen atoms in total. The molecule has 0 aliphatic heterocycles. The Balaban J connectivity index is 1.44. The average Bonchev–Trinajstić information content (AvgIpc) is 3.33. The molecule has 0 spiro atoms. The summed E-state index contributed by atoms with van der Waals surface area (Å²) < 4.78 is 15.9. The number of aromatic nitrogens is 2. The van der Waals surface area contributed by atoms with Crippen molar-refractivity contribution in [2.24, 2.45) is 0 Å². The van der Waals surface area contributed by atoms with E-state index in [1.54, 1.807) is 13.2 Å². The Bertz CT molecular complexity index is 1030. The maximum absolute atomic E-state index is 12.2. The van der Waals surface area contributed by atoms with E-state index in [-0.39, 0.29) is 18.2 Å². The van der Waals surface area contributed by atoms with E-state index in [0.29, 0.717) is 23.0 Å². The van der Waals surface area contributed by atoms with Gasteiger partial charge in [0.15, 0.2) is 5.76 Å². The molecule has 0 unspecified atom stereocenters. The fourth-order valence-corrected chi connectivity index (χ4v) is 2.54. The van der Waals surface area contributed by atoms with Gasteiger partial charge in [0.05, 0.1) is 13.7 Å². The number of rotatable bonds is 5. The molecule has 0 fully saturated rings. The Hall–Kier alpha value is -3.61. The highest BCUT2D eigenvalue weighted by Gasteiger charge is 2.14. The monoisotopic (exact) mass is 349 g/mol. The summed E-state index contributed by atoms with van der Waals surface area (Å²) in [5.41, 5.74) is 1.43. The minimum Gasteiger partial charge on any atom is -0.497 e. The number of hydrogen-bond donors (Lipinski definition) is 1. The van der Waals surface area contributed by atoms with Gasteiger partial charge in [-0.1, -0.05) is 35.5 Å². The van der Waals surface area contributed by atoms with Crippen LogP contribution in [0.4, 0.5) is 0 Å². The van der Waals surface area contributed by atoms with Gasteiger partial charge in [0, 0.05) is 10.9 Å². The summed E-state index contributed by atoms with van der Waals surface area (Å²) in [6.07, 6.45) is 0. The third-order valence-electron chi connectivity index (χ3n) is 3.85. The van der Waals surface area contributed by atoms with Crippen LogP contribution in [-0.2, 0) is 6.54 Å². The van der Waals surface area contributed by atoms with Crippen LogP contribution in [0.25, 0.3) is 22.4 Å². The van der Waals surface area contributed by atoms with Crippen molar-refractivity contribution < 1.29 is 18.5 Å². The van der Waals surface area contributed by atoms with Crippen molar-refractivity contribution in [1.82, 2.24) is 15.5 Å². The van der Waals surface area contributed by atoms with Crippen LogP contribution in [0.3, 0.4) is 0 Å². The Morgan fingerprint density at radius 1 is 1.15 bits per heavy atom. The summed E-state index contributed by atoms with van der Waals surface area (Å²) in [6.45, 7) is 0.104. The first kappa shape index (κ1) is 15.9. The van der Waals surface area contributed by atoms with Crippen LogP contribution in [-0.4, -0.2) is 23.2 Å². The maximum atomic E-state index is 12.2. The van der Waals surface area contributed by atoms with Gasteiger partial charge in [-0.25, -0.2) is 0 Å². The Kier molecular flexibility index (Phi) is 4.10. The first-order valence-corrected chi connectivity index (χ1v) is 7.97. The van der Waals surface area contributed by atoms with Gasteiger partial charge in [-0.2, -0.15) is 4.98 Å². The molecule has 2 aromatic carbocycles. The van der Waals surface area contributed by atoms with Crippen LogP contribution in [0.2, 0.25) is 0 Å². The second-order valence-corrected chi connectivity index (χ2v) is 5.57. The lowest BCUT2D eigenvalue weighted by atomic mass is 10.2. The smallest absolute Gasteiger partial charge is 0.287 e. The van der Waals surface area contributed by atoms with Gasteiger partial charge in [-0.15, -0.1) is 0 Å². The zero-order chi connectivity index (χ0) is 17.9. The molecule has 0 aliphatic rings. The zero-order valence-corrected chi connectivity index (χ0v) is 13.9. The maximum Gasteiger partial charge on any atom is 0.287 e. The second-order valence-electron chi connectivity index (χ2n) is 5.57. The Labute approximate surface area is 148 Å². The summed E-state index contributed by atoms with van der Waals surface area (Å²) >= 11 is 0. The predicted molar refractivity (Wildman–Crippen MR) is 93.7 cm³/mol. The second kappa shape index (κ2) is 6.72. The first-order chi connectivity index (χ1) is 12.7. The molecule has 26 heavy (non-hydrogen) atoms. The van der Waals surface area contributed by atoms with Crippen molar-refractivity contribution >= 4 is 16.9 Å². The normalized spacial score (nSPS) is 10.8. The average molecular weight is 349 g/mol. The number of amides is 1. The first-order valence-electron chi connectivity index (χ1n) is 7.97. The number of nitrogens with one attached hydrogen (secondary N) is 1. The highest BCUT2D eigenvalue weighted by molar-refractivity contribution is 5.95. The molecule has 1 amide bonds. The highest BCUT2D eigenvalue weighted by Crippen LogP contribution is 2.21. The number of ether oxygens (including phenoxy) is 1. The van der Waals surface area contributed by atoms with Gasteiger partial charge < -0.3 is 19.0 Å². The van der Waals surface area contributed by atoms with E-state index in [9.17, 15) is 4.79 Å². The van der Waals surface area contributed by atoms with Gasteiger partial charge >= 0.3 is 0 Å². The van der Waals surface area contributed by atoms with Crippen LogP contribution in [0.15, 0.2) is 63.5 Å². The van der Waals surface area contributed by atoms with Crippen LogP contribution in [0.1, 0.15) is 16.4 Å². The number of carbonyl (C=O) groups is 1. The number of furan rings is 1. The van der Waals surface area contributed by atoms with E-state index in [4.69, 9.17) is 13.7 Å². The SMILES string of the molecule is COc1cccc(-c2noc(CNC(=O)c3cc4ccccc4o3)n2)c1. The van der Waals surface area contributed by atoms with Crippen LogP contribution >= 0.6 is 0 Å². The minimum absolute atomic E-state index is 0.104. The van der Waals surface area contributed by atoms with E-state index in [0.717, 1.165) is 10.9 Å². The highest BCUT2D eigenvalue weighted by atomic mass is 16.5. The number of hydrogen-bond acceptors (Lipinski definition) is 6. The molecule has 0 saturated heterocycles. The van der Waals surface area contributed by atoms with Crippen LogP contribution in [0, 0.1) is 0 Å². The molecule has 1 N–H and O–H groups in total. The molecule has 0 saturated carbocycles. The predicted octanol–water partition coefficient (Wildman–Crippen LogP) is 3.42. The lowest BCUT2D eigenvalue weighted by Crippen LogP contribution is -2.22. The summed E-state index contributed by atoms with van der Waals surface area (Å²) in [5.74, 6) is 1.32. The molecule has 2 heterocycles. The van der Waals surface area contributed by atoms with Crippen molar-refractivity contribution in [2.45, 2.75) is 6.54 Å². The van der Waals surface area contributed by atoms with E-state index >= 15 is 0 Å². The molecular weight excluding hydrogens is 334 g/mol. The van der Waals surface area contributed by atoms with Gasteiger partial charge in [0.1, 0.15) is 11.3 Å².